The maximum Gasteiger partial charge on any atom is 0.0362 e. The summed E-state index contributed by atoms with van der Waals surface area (Å²) in [6, 6.07) is 0. The summed E-state index contributed by atoms with van der Waals surface area (Å²) in [5.74, 6) is 0. The maximum atomic E-state index is 3.90. The van der Waals surface area contributed by atoms with E-state index in [-0.39, 0.29) is 0 Å². The van der Waals surface area contributed by atoms with Gasteiger partial charge in [-0.25, -0.2) is 0 Å². The first-order valence-corrected chi connectivity index (χ1v) is 4.69. The molecule has 0 aromatic carbocycles. The smallest absolute Gasteiger partial charge is 0.0362 e. The van der Waals surface area contributed by atoms with Crippen molar-refractivity contribution in [3.63, 3.8) is 0 Å². The van der Waals surface area contributed by atoms with Gasteiger partial charge in [0.05, 0.1) is 0 Å². The van der Waals surface area contributed by atoms with E-state index in [0.717, 1.165) is 25.2 Å². The fraction of sp³-hybridized carbons (Fsp3) is 0.231. The molecule has 76 valence electrons. The van der Waals surface area contributed by atoms with Crippen molar-refractivity contribution in [1.29, 1.82) is 0 Å². The van der Waals surface area contributed by atoms with Crippen LogP contribution in [0.2, 0.25) is 0 Å². The molecule has 0 aromatic rings. The van der Waals surface area contributed by atoms with E-state index in [1.165, 1.54) is 0 Å². The van der Waals surface area contributed by atoms with Crippen molar-refractivity contribution < 1.29 is 0 Å². The van der Waals surface area contributed by atoms with Crippen molar-refractivity contribution in [2.24, 2.45) is 0 Å². The van der Waals surface area contributed by atoms with E-state index in [2.05, 4.69) is 43.4 Å². The molecule has 0 saturated carbocycles. The standard InChI is InChI=1S/C13H19N/c1-5-8-9-10-12-14(11-6-2)13(4)7-3/h5-7,9-10H,1-4,8,11-12H2/b10-9+. The normalized spacial score (nSPS) is 9.71. The Labute approximate surface area is 87.4 Å². The molecule has 0 radical (unpaired) electrons. The fourth-order valence-corrected chi connectivity index (χ4v) is 0.988. The van der Waals surface area contributed by atoms with Crippen LogP contribution in [0, 0.1) is 0 Å². The van der Waals surface area contributed by atoms with Gasteiger partial charge >= 0.3 is 0 Å². The lowest BCUT2D eigenvalue weighted by Crippen LogP contribution is -2.21. The minimum atomic E-state index is 0.795. The molecule has 0 aromatic heterocycles. The molecule has 0 N–H and O–H groups in total. The highest BCUT2D eigenvalue weighted by molar-refractivity contribution is 5.12. The highest BCUT2D eigenvalue weighted by atomic mass is 15.1. The van der Waals surface area contributed by atoms with Gasteiger partial charge in [-0.05, 0) is 12.5 Å². The first kappa shape index (κ1) is 12.5. The van der Waals surface area contributed by atoms with Gasteiger partial charge in [-0.1, -0.05) is 37.5 Å². The molecule has 0 aliphatic heterocycles. The zero-order valence-corrected chi connectivity index (χ0v) is 8.78. The van der Waals surface area contributed by atoms with Gasteiger partial charge in [0.2, 0.25) is 0 Å². The highest BCUT2D eigenvalue weighted by Gasteiger charge is 1.98. The van der Waals surface area contributed by atoms with Crippen LogP contribution in [0.3, 0.4) is 0 Å². The molecular weight excluding hydrogens is 170 g/mol. The predicted octanol–water partition coefficient (Wildman–Crippen LogP) is 3.31. The zero-order valence-electron chi connectivity index (χ0n) is 8.78. The molecule has 0 spiro atoms. The van der Waals surface area contributed by atoms with Crippen molar-refractivity contribution >= 4 is 0 Å². The van der Waals surface area contributed by atoms with Gasteiger partial charge in [0.25, 0.3) is 0 Å². The van der Waals surface area contributed by atoms with Crippen molar-refractivity contribution in [2.45, 2.75) is 6.42 Å². The van der Waals surface area contributed by atoms with Gasteiger partial charge in [-0.2, -0.15) is 0 Å². The van der Waals surface area contributed by atoms with E-state index in [0.29, 0.717) is 0 Å². The molecule has 14 heavy (non-hydrogen) atoms. The van der Waals surface area contributed by atoms with Crippen molar-refractivity contribution in [3.8, 4) is 0 Å². The van der Waals surface area contributed by atoms with E-state index in [9.17, 15) is 0 Å². The van der Waals surface area contributed by atoms with E-state index < -0.39 is 0 Å². The number of rotatable bonds is 8. The highest BCUT2D eigenvalue weighted by Crippen LogP contribution is 2.02. The number of allylic oxidation sites excluding steroid dienone is 3. The molecule has 0 aliphatic rings. The van der Waals surface area contributed by atoms with Gasteiger partial charge < -0.3 is 4.90 Å². The Bertz CT molecular complexity index is 236. The molecule has 0 unspecified atom stereocenters. The number of nitrogens with zero attached hydrogens (tertiary/aromatic N) is 1. The molecule has 0 fully saturated rings. The lowest BCUT2D eigenvalue weighted by Gasteiger charge is -2.21. The van der Waals surface area contributed by atoms with Crippen LogP contribution in [0.25, 0.3) is 0 Å². The Morgan fingerprint density at radius 1 is 1.00 bits per heavy atom. The first-order chi connectivity index (χ1) is 6.76. The van der Waals surface area contributed by atoms with Crippen LogP contribution in [0.4, 0.5) is 0 Å². The average Bonchev–Trinajstić information content (AvgIpc) is 2.21. The third-order valence-electron chi connectivity index (χ3n) is 1.79. The van der Waals surface area contributed by atoms with Crippen LogP contribution in [-0.2, 0) is 0 Å². The van der Waals surface area contributed by atoms with Gasteiger partial charge in [0, 0.05) is 18.8 Å². The molecule has 0 atom stereocenters. The Hall–Kier alpha value is -1.50. The van der Waals surface area contributed by atoms with Crippen LogP contribution in [0.1, 0.15) is 6.42 Å². The topological polar surface area (TPSA) is 3.24 Å². The Morgan fingerprint density at radius 2 is 1.71 bits per heavy atom. The molecule has 0 bridgehead atoms. The van der Waals surface area contributed by atoms with Crippen molar-refractivity contribution in [3.05, 3.63) is 62.4 Å². The van der Waals surface area contributed by atoms with Crippen LogP contribution >= 0.6 is 0 Å². The van der Waals surface area contributed by atoms with Crippen LogP contribution < -0.4 is 0 Å². The monoisotopic (exact) mass is 189 g/mol. The summed E-state index contributed by atoms with van der Waals surface area (Å²) in [6.45, 7) is 16.6. The predicted molar refractivity (Wildman–Crippen MR) is 65.1 cm³/mol. The summed E-state index contributed by atoms with van der Waals surface area (Å²) < 4.78 is 0. The van der Waals surface area contributed by atoms with Gasteiger partial charge in [0.15, 0.2) is 0 Å². The number of hydrogen-bond donors (Lipinski definition) is 0. The van der Waals surface area contributed by atoms with E-state index in [4.69, 9.17) is 0 Å². The maximum absolute atomic E-state index is 3.90. The van der Waals surface area contributed by atoms with Gasteiger partial charge in [0.1, 0.15) is 0 Å². The van der Waals surface area contributed by atoms with Crippen LogP contribution in [0.5, 0.6) is 0 Å². The molecule has 1 heteroatoms. The number of hydrogen-bond acceptors (Lipinski definition) is 1. The Kier molecular flexibility index (Phi) is 7.24. The van der Waals surface area contributed by atoms with Crippen molar-refractivity contribution in [2.75, 3.05) is 13.1 Å². The van der Waals surface area contributed by atoms with Crippen molar-refractivity contribution in [1.82, 2.24) is 4.90 Å². The third-order valence-corrected chi connectivity index (χ3v) is 1.79. The molecule has 0 amide bonds. The minimum absolute atomic E-state index is 0.795. The second-order valence-electron chi connectivity index (χ2n) is 2.88. The molecule has 0 saturated heterocycles. The second-order valence-corrected chi connectivity index (χ2v) is 2.88. The Balaban J connectivity index is 4.08. The Morgan fingerprint density at radius 3 is 2.21 bits per heavy atom. The van der Waals surface area contributed by atoms with E-state index in [1.54, 1.807) is 6.08 Å². The van der Waals surface area contributed by atoms with E-state index >= 15 is 0 Å². The minimum Gasteiger partial charge on any atom is -0.365 e. The van der Waals surface area contributed by atoms with Crippen LogP contribution in [-0.4, -0.2) is 18.0 Å². The fourth-order valence-electron chi connectivity index (χ4n) is 0.988. The molecule has 0 aliphatic carbocycles. The quantitative estimate of drug-likeness (QED) is 0.418. The SMILES string of the molecule is C=CC/C=C/CN(CC=C)C(=C)C=C. The molecule has 1 nitrogen and oxygen atoms in total. The lowest BCUT2D eigenvalue weighted by molar-refractivity contribution is 0.437. The molecule has 0 heterocycles. The second kappa shape index (κ2) is 8.11. The molecule has 0 rings (SSSR count). The van der Waals surface area contributed by atoms with E-state index in [1.807, 2.05) is 12.2 Å². The summed E-state index contributed by atoms with van der Waals surface area (Å²) >= 11 is 0. The summed E-state index contributed by atoms with van der Waals surface area (Å²) in [5.41, 5.74) is 0.924. The van der Waals surface area contributed by atoms with Crippen LogP contribution in [0.15, 0.2) is 62.4 Å². The lowest BCUT2D eigenvalue weighted by atomic mass is 10.3. The third kappa shape index (κ3) is 5.20. The summed E-state index contributed by atoms with van der Waals surface area (Å²) in [5, 5.41) is 0. The summed E-state index contributed by atoms with van der Waals surface area (Å²) in [4.78, 5) is 2.10. The summed E-state index contributed by atoms with van der Waals surface area (Å²) in [7, 11) is 0. The zero-order chi connectivity index (χ0) is 10.8. The largest absolute Gasteiger partial charge is 0.365 e. The average molecular weight is 189 g/mol. The molecular formula is C13H19N. The van der Waals surface area contributed by atoms with Gasteiger partial charge in [-0.3, -0.25) is 0 Å². The first-order valence-electron chi connectivity index (χ1n) is 4.69. The summed E-state index contributed by atoms with van der Waals surface area (Å²) in [6.07, 6.45) is 10.6. The van der Waals surface area contributed by atoms with Gasteiger partial charge in [-0.15, -0.1) is 13.2 Å².